The fourth-order valence-electron chi connectivity index (χ4n) is 3.05. The molecule has 2 rings (SSSR count). The third-order valence-corrected chi connectivity index (χ3v) is 4.47. The van der Waals surface area contributed by atoms with Crippen LogP contribution in [-0.2, 0) is 22.7 Å². The first-order valence-electron chi connectivity index (χ1n) is 8.40. The summed E-state index contributed by atoms with van der Waals surface area (Å²) in [6.07, 6.45) is 4.41. The fraction of sp³-hybridized carbons (Fsp3) is 0.556. The molecule has 1 aliphatic carbocycles. The summed E-state index contributed by atoms with van der Waals surface area (Å²) in [6.45, 7) is 3.26. The van der Waals surface area contributed by atoms with Gasteiger partial charge in [-0.1, -0.05) is 44.0 Å². The first-order chi connectivity index (χ1) is 11.1. The van der Waals surface area contributed by atoms with Crippen molar-refractivity contribution in [3.63, 3.8) is 0 Å². The third-order valence-electron chi connectivity index (χ3n) is 4.47. The van der Waals surface area contributed by atoms with Crippen LogP contribution in [-0.4, -0.2) is 18.4 Å². The van der Waals surface area contributed by atoms with E-state index in [9.17, 15) is 9.59 Å². The number of amides is 2. The molecule has 23 heavy (non-hydrogen) atoms. The zero-order chi connectivity index (χ0) is 16.7. The Labute approximate surface area is 138 Å². The molecule has 126 valence electrons. The maximum atomic E-state index is 12.2. The summed E-state index contributed by atoms with van der Waals surface area (Å²) in [5, 5.41) is 5.77. The van der Waals surface area contributed by atoms with Crippen molar-refractivity contribution in [2.45, 2.75) is 45.7 Å². The van der Waals surface area contributed by atoms with Crippen molar-refractivity contribution in [1.29, 1.82) is 0 Å². The largest absolute Gasteiger partial charge is 0.352 e. The number of hydrogen-bond acceptors (Lipinski definition) is 3. The van der Waals surface area contributed by atoms with Crippen LogP contribution in [0.4, 0.5) is 0 Å². The van der Waals surface area contributed by atoms with Crippen molar-refractivity contribution in [2.75, 3.05) is 6.54 Å². The maximum Gasteiger partial charge on any atom is 0.234 e. The lowest BCUT2D eigenvalue weighted by molar-refractivity contribution is -0.126. The van der Waals surface area contributed by atoms with E-state index in [1.54, 1.807) is 0 Å². The van der Waals surface area contributed by atoms with Crippen LogP contribution in [0.2, 0.25) is 0 Å². The number of benzene rings is 1. The van der Waals surface area contributed by atoms with Gasteiger partial charge in [0, 0.05) is 19.0 Å². The van der Waals surface area contributed by atoms with Gasteiger partial charge in [-0.05, 0) is 29.9 Å². The van der Waals surface area contributed by atoms with E-state index in [0.29, 0.717) is 19.0 Å². The lowest BCUT2D eigenvalue weighted by Crippen LogP contribution is -2.33. The highest BCUT2D eigenvalue weighted by Gasteiger charge is 2.24. The summed E-state index contributed by atoms with van der Waals surface area (Å²) in [5.74, 6) is 0.839. The van der Waals surface area contributed by atoms with Gasteiger partial charge in [0.2, 0.25) is 11.8 Å². The van der Waals surface area contributed by atoms with Crippen LogP contribution in [0.1, 0.15) is 43.7 Å². The van der Waals surface area contributed by atoms with Gasteiger partial charge in [0.25, 0.3) is 0 Å². The zero-order valence-electron chi connectivity index (χ0n) is 13.8. The number of hydrogen-bond donors (Lipinski definition) is 3. The summed E-state index contributed by atoms with van der Waals surface area (Å²) in [6, 6.07) is 7.88. The summed E-state index contributed by atoms with van der Waals surface area (Å²) in [7, 11) is 0. The van der Waals surface area contributed by atoms with Gasteiger partial charge >= 0.3 is 0 Å². The highest BCUT2D eigenvalue weighted by molar-refractivity contribution is 5.78. The summed E-state index contributed by atoms with van der Waals surface area (Å²) in [5.41, 5.74) is 7.33. The van der Waals surface area contributed by atoms with Crippen LogP contribution in [0, 0.1) is 11.8 Å². The Morgan fingerprint density at radius 2 is 1.70 bits per heavy atom. The molecular formula is C18H27N3O2. The van der Waals surface area contributed by atoms with Gasteiger partial charge in [0.15, 0.2) is 0 Å². The molecule has 1 fully saturated rings. The minimum atomic E-state index is -0.164. The van der Waals surface area contributed by atoms with Crippen molar-refractivity contribution >= 4 is 11.8 Å². The quantitative estimate of drug-likeness (QED) is 0.746. The lowest BCUT2D eigenvalue weighted by atomic mass is 9.82. The molecule has 4 N–H and O–H groups in total. The van der Waals surface area contributed by atoms with Crippen LogP contribution in [0.25, 0.3) is 0 Å². The molecule has 0 radical (unpaired) electrons. The number of carbonyl (C=O) groups is 2. The van der Waals surface area contributed by atoms with Gasteiger partial charge < -0.3 is 16.4 Å². The van der Waals surface area contributed by atoms with Crippen LogP contribution in [0.5, 0.6) is 0 Å². The highest BCUT2D eigenvalue weighted by atomic mass is 16.2. The van der Waals surface area contributed by atoms with Crippen molar-refractivity contribution < 1.29 is 9.59 Å². The van der Waals surface area contributed by atoms with Gasteiger partial charge in [-0.2, -0.15) is 0 Å². The molecule has 2 atom stereocenters. The van der Waals surface area contributed by atoms with Gasteiger partial charge in [0.1, 0.15) is 0 Å². The summed E-state index contributed by atoms with van der Waals surface area (Å²) >= 11 is 0. The van der Waals surface area contributed by atoms with E-state index < -0.39 is 0 Å². The topological polar surface area (TPSA) is 84.2 Å². The predicted octanol–water partition coefficient (Wildman–Crippen LogP) is 1.70. The second-order valence-corrected chi connectivity index (χ2v) is 6.48. The monoisotopic (exact) mass is 317 g/mol. The van der Waals surface area contributed by atoms with Gasteiger partial charge in [-0.25, -0.2) is 0 Å². The molecule has 1 aromatic carbocycles. The molecule has 0 bridgehead atoms. The molecule has 1 aliphatic rings. The van der Waals surface area contributed by atoms with E-state index in [4.69, 9.17) is 5.73 Å². The number of nitrogens with two attached hydrogens (primary N) is 1. The Kier molecular flexibility index (Phi) is 6.59. The van der Waals surface area contributed by atoms with Crippen molar-refractivity contribution in [3.8, 4) is 0 Å². The predicted molar refractivity (Wildman–Crippen MR) is 90.3 cm³/mol. The molecule has 2 amide bonds. The number of carbonyl (C=O) groups excluding carboxylic acids is 2. The van der Waals surface area contributed by atoms with E-state index >= 15 is 0 Å². The average Bonchev–Trinajstić information content (AvgIpc) is 2.58. The average molecular weight is 317 g/mol. The zero-order valence-corrected chi connectivity index (χ0v) is 13.8. The van der Waals surface area contributed by atoms with Crippen molar-refractivity contribution in [1.82, 2.24) is 10.6 Å². The molecule has 0 saturated heterocycles. The normalized spacial score (nSPS) is 20.8. The van der Waals surface area contributed by atoms with E-state index in [1.807, 2.05) is 24.3 Å². The molecule has 1 saturated carbocycles. The Morgan fingerprint density at radius 3 is 2.26 bits per heavy atom. The Balaban J connectivity index is 1.77. The first kappa shape index (κ1) is 17.5. The number of nitrogens with one attached hydrogen (secondary N) is 2. The second kappa shape index (κ2) is 8.67. The SMILES string of the molecule is CC1CCCC(C(=O)NCc2ccc(CNC(=O)CN)cc2)C1. The highest BCUT2D eigenvalue weighted by Crippen LogP contribution is 2.28. The maximum absolute atomic E-state index is 12.2. The second-order valence-electron chi connectivity index (χ2n) is 6.48. The van der Waals surface area contributed by atoms with Crippen molar-refractivity contribution in [3.05, 3.63) is 35.4 Å². The van der Waals surface area contributed by atoms with Gasteiger partial charge in [-0.3, -0.25) is 9.59 Å². The van der Waals surface area contributed by atoms with E-state index in [2.05, 4.69) is 17.6 Å². The van der Waals surface area contributed by atoms with Crippen LogP contribution >= 0.6 is 0 Å². The summed E-state index contributed by atoms with van der Waals surface area (Å²) in [4.78, 5) is 23.3. The minimum Gasteiger partial charge on any atom is -0.352 e. The number of rotatable bonds is 6. The molecule has 5 nitrogen and oxygen atoms in total. The first-order valence-corrected chi connectivity index (χ1v) is 8.40. The molecule has 5 heteroatoms. The molecule has 0 heterocycles. The van der Waals surface area contributed by atoms with Crippen molar-refractivity contribution in [2.24, 2.45) is 17.6 Å². The van der Waals surface area contributed by atoms with Gasteiger partial charge in [-0.15, -0.1) is 0 Å². The Bertz CT molecular complexity index is 528. The van der Waals surface area contributed by atoms with E-state index in [-0.39, 0.29) is 24.3 Å². The summed E-state index contributed by atoms with van der Waals surface area (Å²) < 4.78 is 0. The van der Waals surface area contributed by atoms with E-state index in [0.717, 1.165) is 30.4 Å². The minimum absolute atomic E-state index is 0.00387. The molecule has 0 aromatic heterocycles. The fourth-order valence-corrected chi connectivity index (χ4v) is 3.05. The smallest absolute Gasteiger partial charge is 0.234 e. The molecule has 2 unspecified atom stereocenters. The standard InChI is InChI=1S/C18H27N3O2/c1-13-3-2-4-16(9-13)18(23)21-12-15-7-5-14(6-8-15)11-20-17(22)10-19/h5-8,13,16H,2-4,9-12,19H2,1H3,(H,20,22)(H,21,23). The lowest BCUT2D eigenvalue weighted by Gasteiger charge is -2.25. The van der Waals surface area contributed by atoms with Crippen LogP contribution in [0.3, 0.4) is 0 Å². The molecule has 1 aromatic rings. The Morgan fingerprint density at radius 1 is 1.09 bits per heavy atom. The van der Waals surface area contributed by atoms with Crippen LogP contribution < -0.4 is 16.4 Å². The third kappa shape index (κ3) is 5.67. The van der Waals surface area contributed by atoms with E-state index in [1.165, 1.54) is 6.42 Å². The van der Waals surface area contributed by atoms with Crippen LogP contribution in [0.15, 0.2) is 24.3 Å². The molecule has 0 spiro atoms. The molecule has 0 aliphatic heterocycles. The molecular weight excluding hydrogens is 290 g/mol. The Hall–Kier alpha value is -1.88. The van der Waals surface area contributed by atoms with Gasteiger partial charge in [0.05, 0.1) is 6.54 Å².